The Hall–Kier alpha value is -1.51. The van der Waals surface area contributed by atoms with E-state index >= 15 is 0 Å². The molecule has 0 spiro atoms. The molecule has 1 N–H and O–H groups in total. The van der Waals surface area contributed by atoms with E-state index in [1.807, 2.05) is 0 Å². The molecule has 1 fully saturated rings. The molecule has 0 bridgehead atoms. The van der Waals surface area contributed by atoms with Crippen molar-refractivity contribution < 1.29 is 18.1 Å². The standard InChI is InChI=1S/C10H12N2O5S/c13-12(14)9-2-1-3-10(6-9)18(15,16)11-8-4-5-17-7-8/h1-3,6,8,11H,4-5,7H2. The fraction of sp³-hybridized carbons (Fsp3) is 0.400. The number of nitro benzene ring substituents is 1. The van der Waals surface area contributed by atoms with Crippen LogP contribution < -0.4 is 4.72 Å². The lowest BCUT2D eigenvalue weighted by Crippen LogP contribution is -2.35. The van der Waals surface area contributed by atoms with Crippen molar-refractivity contribution in [2.24, 2.45) is 0 Å². The average molecular weight is 272 g/mol. The molecule has 1 aliphatic rings. The van der Waals surface area contributed by atoms with Crippen molar-refractivity contribution in [2.75, 3.05) is 13.2 Å². The molecule has 1 heterocycles. The van der Waals surface area contributed by atoms with Crippen LogP contribution in [0.2, 0.25) is 0 Å². The van der Waals surface area contributed by atoms with Gasteiger partial charge in [-0.05, 0) is 12.5 Å². The fourth-order valence-corrected chi connectivity index (χ4v) is 2.97. The van der Waals surface area contributed by atoms with Gasteiger partial charge in [-0.3, -0.25) is 10.1 Å². The van der Waals surface area contributed by atoms with Crippen LogP contribution in [0, 0.1) is 10.1 Å². The maximum Gasteiger partial charge on any atom is 0.270 e. The molecule has 0 aromatic heterocycles. The number of ether oxygens (including phenoxy) is 1. The summed E-state index contributed by atoms with van der Waals surface area (Å²) in [4.78, 5) is 9.86. The predicted molar refractivity (Wildman–Crippen MR) is 62.6 cm³/mol. The maximum absolute atomic E-state index is 12.0. The second-order valence-electron chi connectivity index (χ2n) is 3.94. The van der Waals surface area contributed by atoms with Gasteiger partial charge in [0.05, 0.1) is 16.4 Å². The number of non-ortho nitro benzene ring substituents is 1. The smallest absolute Gasteiger partial charge is 0.270 e. The Balaban J connectivity index is 2.23. The molecule has 8 heteroatoms. The Labute approximate surface area is 104 Å². The van der Waals surface area contributed by atoms with Crippen LogP contribution >= 0.6 is 0 Å². The van der Waals surface area contributed by atoms with Gasteiger partial charge in [0.25, 0.3) is 5.69 Å². The Morgan fingerprint density at radius 3 is 2.83 bits per heavy atom. The van der Waals surface area contributed by atoms with Crippen molar-refractivity contribution in [1.82, 2.24) is 4.72 Å². The van der Waals surface area contributed by atoms with E-state index in [4.69, 9.17) is 4.74 Å². The highest BCUT2D eigenvalue weighted by Gasteiger charge is 2.24. The molecule has 0 aliphatic carbocycles. The van der Waals surface area contributed by atoms with Crippen molar-refractivity contribution in [3.63, 3.8) is 0 Å². The Bertz CT molecular complexity index is 551. The van der Waals surface area contributed by atoms with Crippen LogP contribution in [0.15, 0.2) is 29.2 Å². The van der Waals surface area contributed by atoms with E-state index < -0.39 is 14.9 Å². The fourth-order valence-electron chi connectivity index (χ4n) is 1.68. The van der Waals surface area contributed by atoms with E-state index in [1.165, 1.54) is 18.2 Å². The predicted octanol–water partition coefficient (Wildman–Crippen LogP) is 0.662. The molecule has 7 nitrogen and oxygen atoms in total. The van der Waals surface area contributed by atoms with Crippen LogP contribution in [0.5, 0.6) is 0 Å². The quantitative estimate of drug-likeness (QED) is 0.641. The third-order valence-electron chi connectivity index (χ3n) is 2.59. The number of nitrogens with one attached hydrogen (secondary N) is 1. The van der Waals surface area contributed by atoms with Gasteiger partial charge in [0.1, 0.15) is 0 Å². The highest BCUT2D eigenvalue weighted by atomic mass is 32.2. The third-order valence-corrected chi connectivity index (χ3v) is 4.11. The largest absolute Gasteiger partial charge is 0.380 e. The van der Waals surface area contributed by atoms with Crippen LogP contribution in [-0.2, 0) is 14.8 Å². The van der Waals surface area contributed by atoms with E-state index in [1.54, 1.807) is 0 Å². The van der Waals surface area contributed by atoms with Gasteiger partial charge in [0.15, 0.2) is 0 Å². The number of benzene rings is 1. The normalized spacial score (nSPS) is 19.9. The maximum atomic E-state index is 12.0. The molecular formula is C10H12N2O5S. The molecule has 1 unspecified atom stereocenters. The summed E-state index contributed by atoms with van der Waals surface area (Å²) in [5.41, 5.74) is -0.249. The SMILES string of the molecule is O=[N+]([O-])c1cccc(S(=O)(=O)NC2CCOC2)c1. The summed E-state index contributed by atoms with van der Waals surface area (Å²) in [6.07, 6.45) is 0.605. The molecule has 1 aromatic carbocycles. The van der Waals surface area contributed by atoms with Crippen LogP contribution in [0.1, 0.15) is 6.42 Å². The molecule has 2 rings (SSSR count). The minimum atomic E-state index is -3.73. The molecule has 0 amide bonds. The molecule has 1 aromatic rings. The first-order chi connectivity index (χ1) is 8.49. The Kier molecular flexibility index (Phi) is 3.60. The minimum Gasteiger partial charge on any atom is -0.380 e. The monoisotopic (exact) mass is 272 g/mol. The number of nitro groups is 1. The average Bonchev–Trinajstić information content (AvgIpc) is 2.81. The number of nitrogens with zero attached hydrogens (tertiary/aromatic N) is 1. The van der Waals surface area contributed by atoms with Gasteiger partial charge in [-0.15, -0.1) is 0 Å². The summed E-state index contributed by atoms with van der Waals surface area (Å²) >= 11 is 0. The number of sulfonamides is 1. The zero-order chi connectivity index (χ0) is 13.2. The van der Waals surface area contributed by atoms with Gasteiger partial charge in [-0.1, -0.05) is 6.07 Å². The highest BCUT2D eigenvalue weighted by Crippen LogP contribution is 2.18. The molecule has 0 radical (unpaired) electrons. The van der Waals surface area contributed by atoms with E-state index in [0.717, 1.165) is 6.07 Å². The van der Waals surface area contributed by atoms with Gasteiger partial charge < -0.3 is 4.74 Å². The first-order valence-corrected chi connectivity index (χ1v) is 6.82. The Morgan fingerprint density at radius 1 is 1.44 bits per heavy atom. The summed E-state index contributed by atoms with van der Waals surface area (Å²) in [5, 5.41) is 10.6. The lowest BCUT2D eigenvalue weighted by Gasteiger charge is -2.11. The summed E-state index contributed by atoms with van der Waals surface area (Å²) < 4.78 is 31.5. The van der Waals surface area contributed by atoms with Gasteiger partial charge in [0.2, 0.25) is 10.0 Å². The molecule has 1 saturated heterocycles. The molecule has 98 valence electrons. The summed E-state index contributed by atoms with van der Waals surface area (Å²) in [5.74, 6) is 0. The number of rotatable bonds is 4. The van der Waals surface area contributed by atoms with Crippen LogP contribution in [0.25, 0.3) is 0 Å². The van der Waals surface area contributed by atoms with Crippen molar-refractivity contribution in [2.45, 2.75) is 17.4 Å². The Morgan fingerprint density at radius 2 is 2.22 bits per heavy atom. The highest BCUT2D eigenvalue weighted by molar-refractivity contribution is 7.89. The van der Waals surface area contributed by atoms with Gasteiger partial charge in [0, 0.05) is 24.8 Å². The topological polar surface area (TPSA) is 98.5 Å². The zero-order valence-electron chi connectivity index (χ0n) is 9.40. The minimum absolute atomic E-state index is 0.108. The van der Waals surface area contributed by atoms with Crippen LogP contribution in [0.3, 0.4) is 0 Å². The number of hydrogen-bond donors (Lipinski definition) is 1. The number of hydrogen-bond acceptors (Lipinski definition) is 5. The first kappa shape index (κ1) is 12.9. The second kappa shape index (κ2) is 5.01. The lowest BCUT2D eigenvalue weighted by molar-refractivity contribution is -0.385. The zero-order valence-corrected chi connectivity index (χ0v) is 10.2. The van der Waals surface area contributed by atoms with Crippen LogP contribution in [-0.4, -0.2) is 32.6 Å². The molecular weight excluding hydrogens is 260 g/mol. The molecule has 18 heavy (non-hydrogen) atoms. The summed E-state index contributed by atoms with van der Waals surface area (Å²) in [7, 11) is -3.73. The molecule has 1 aliphatic heterocycles. The van der Waals surface area contributed by atoms with Crippen LogP contribution in [0.4, 0.5) is 5.69 Å². The van der Waals surface area contributed by atoms with Gasteiger partial charge in [-0.25, -0.2) is 13.1 Å². The van der Waals surface area contributed by atoms with E-state index in [-0.39, 0.29) is 16.6 Å². The molecule has 1 atom stereocenters. The molecule has 0 saturated carbocycles. The first-order valence-electron chi connectivity index (χ1n) is 5.33. The van der Waals surface area contributed by atoms with E-state index in [0.29, 0.717) is 19.6 Å². The van der Waals surface area contributed by atoms with Crippen molar-refractivity contribution in [1.29, 1.82) is 0 Å². The van der Waals surface area contributed by atoms with Gasteiger partial charge in [-0.2, -0.15) is 0 Å². The van der Waals surface area contributed by atoms with Crippen molar-refractivity contribution >= 4 is 15.7 Å². The van der Waals surface area contributed by atoms with Crippen molar-refractivity contribution in [3.05, 3.63) is 34.4 Å². The third kappa shape index (κ3) is 2.84. The van der Waals surface area contributed by atoms with Gasteiger partial charge >= 0.3 is 0 Å². The summed E-state index contributed by atoms with van der Waals surface area (Å²) in [6, 6.07) is 4.69. The van der Waals surface area contributed by atoms with E-state index in [2.05, 4.69) is 4.72 Å². The summed E-state index contributed by atoms with van der Waals surface area (Å²) in [6.45, 7) is 0.844. The second-order valence-corrected chi connectivity index (χ2v) is 5.65. The van der Waals surface area contributed by atoms with E-state index in [9.17, 15) is 18.5 Å². The van der Waals surface area contributed by atoms with Crippen molar-refractivity contribution in [3.8, 4) is 0 Å². The lowest BCUT2D eigenvalue weighted by atomic mass is 10.3.